The predicted octanol–water partition coefficient (Wildman–Crippen LogP) is 2.91. The summed E-state index contributed by atoms with van der Waals surface area (Å²) in [6.07, 6.45) is 2.86. The summed E-state index contributed by atoms with van der Waals surface area (Å²) in [4.78, 5) is 19.4. The first-order valence-corrected chi connectivity index (χ1v) is 9.76. The highest BCUT2D eigenvalue weighted by molar-refractivity contribution is 7.13. The molecule has 7 heteroatoms. The molecular weight excluding hydrogens is 334 g/mol. The molecule has 6 nitrogen and oxygen atoms in total. The number of thiazole rings is 1. The topological polar surface area (TPSA) is 63.1 Å². The number of amides is 1. The molecule has 2 aromatic rings. The third kappa shape index (κ3) is 4.46. The number of carbonyl (C=O) groups is 1. The largest absolute Gasteiger partial charge is 0.302 e. The first kappa shape index (κ1) is 18.1. The number of anilines is 1. The molecule has 0 aliphatic carbocycles. The van der Waals surface area contributed by atoms with Gasteiger partial charge in [-0.3, -0.25) is 14.4 Å². The average Bonchev–Trinajstić information content (AvgIpc) is 3.09. The maximum Gasteiger partial charge on any atom is 0.230 e. The Hall–Kier alpha value is -1.73. The number of aryl methyl sites for hydroxylation is 2. The monoisotopic (exact) mass is 361 g/mol. The highest BCUT2D eigenvalue weighted by Gasteiger charge is 2.18. The molecule has 0 spiro atoms. The number of piperidine rings is 1. The number of hydrogen-bond donors (Lipinski definition) is 1. The van der Waals surface area contributed by atoms with Gasteiger partial charge >= 0.3 is 0 Å². The van der Waals surface area contributed by atoms with Crippen molar-refractivity contribution in [2.24, 2.45) is 13.0 Å². The molecule has 3 rings (SSSR count). The molecule has 1 amide bonds. The lowest BCUT2D eigenvalue weighted by Gasteiger charge is -2.29. The van der Waals surface area contributed by atoms with Crippen molar-refractivity contribution in [1.29, 1.82) is 0 Å². The molecular formula is C18H27N5OS. The minimum Gasteiger partial charge on any atom is -0.302 e. The normalized spacial score (nSPS) is 16.3. The number of aromatic nitrogens is 3. The molecule has 136 valence electrons. The lowest BCUT2D eigenvalue weighted by Crippen LogP contribution is -2.32. The Kier molecular flexibility index (Phi) is 5.54. The van der Waals surface area contributed by atoms with E-state index in [0.29, 0.717) is 11.6 Å². The van der Waals surface area contributed by atoms with E-state index in [-0.39, 0.29) is 5.91 Å². The second-order valence-corrected chi connectivity index (χ2v) is 7.96. The van der Waals surface area contributed by atoms with Crippen LogP contribution in [-0.4, -0.2) is 38.7 Å². The van der Waals surface area contributed by atoms with Crippen LogP contribution in [0.1, 0.15) is 42.4 Å². The minimum absolute atomic E-state index is 0.0353. The van der Waals surface area contributed by atoms with E-state index in [1.807, 2.05) is 31.0 Å². The molecule has 1 saturated heterocycles. The highest BCUT2D eigenvalue weighted by Crippen LogP contribution is 2.21. The molecule has 0 radical (unpaired) electrons. The van der Waals surface area contributed by atoms with Gasteiger partial charge in [0.25, 0.3) is 0 Å². The van der Waals surface area contributed by atoms with Gasteiger partial charge in [-0.2, -0.15) is 5.10 Å². The van der Waals surface area contributed by atoms with Crippen molar-refractivity contribution in [2.75, 3.05) is 18.4 Å². The van der Waals surface area contributed by atoms with Gasteiger partial charge in [-0.25, -0.2) is 4.98 Å². The molecule has 25 heavy (non-hydrogen) atoms. The van der Waals surface area contributed by atoms with Crippen LogP contribution in [0.15, 0.2) is 5.38 Å². The van der Waals surface area contributed by atoms with Gasteiger partial charge in [-0.05, 0) is 45.7 Å². The number of likely N-dealkylation sites (tertiary alicyclic amines) is 1. The van der Waals surface area contributed by atoms with Gasteiger partial charge in [0.2, 0.25) is 5.91 Å². The summed E-state index contributed by atoms with van der Waals surface area (Å²) < 4.78 is 1.82. The van der Waals surface area contributed by atoms with Crippen LogP contribution in [0.25, 0.3) is 0 Å². The Bertz CT molecular complexity index is 743. The minimum atomic E-state index is -0.0353. The first-order valence-electron chi connectivity index (χ1n) is 8.88. The van der Waals surface area contributed by atoms with Gasteiger partial charge in [-0.15, -0.1) is 11.3 Å². The predicted molar refractivity (Wildman–Crippen MR) is 101 cm³/mol. The van der Waals surface area contributed by atoms with Crippen LogP contribution < -0.4 is 5.32 Å². The number of hydrogen-bond acceptors (Lipinski definition) is 5. The fourth-order valence-electron chi connectivity index (χ4n) is 3.28. The number of carbonyl (C=O) groups excluding carboxylic acids is 1. The van der Waals surface area contributed by atoms with Gasteiger partial charge in [0.1, 0.15) is 0 Å². The second-order valence-electron chi connectivity index (χ2n) is 7.10. The quantitative estimate of drug-likeness (QED) is 0.889. The molecule has 2 aromatic heterocycles. The van der Waals surface area contributed by atoms with Crippen LogP contribution in [0.4, 0.5) is 5.13 Å². The van der Waals surface area contributed by atoms with Crippen LogP contribution in [0.3, 0.4) is 0 Å². The van der Waals surface area contributed by atoms with Crippen LogP contribution in [0, 0.1) is 19.8 Å². The van der Waals surface area contributed by atoms with E-state index in [1.165, 1.54) is 24.2 Å². The van der Waals surface area contributed by atoms with Crippen LogP contribution >= 0.6 is 11.3 Å². The van der Waals surface area contributed by atoms with E-state index in [0.717, 1.165) is 48.2 Å². The van der Waals surface area contributed by atoms with E-state index in [4.69, 9.17) is 0 Å². The van der Waals surface area contributed by atoms with Crippen molar-refractivity contribution < 1.29 is 4.79 Å². The van der Waals surface area contributed by atoms with Crippen molar-refractivity contribution in [1.82, 2.24) is 19.7 Å². The maximum atomic E-state index is 12.3. The first-order chi connectivity index (χ1) is 11.9. The zero-order valence-corrected chi connectivity index (χ0v) is 16.3. The summed E-state index contributed by atoms with van der Waals surface area (Å²) in [5, 5.41) is 10.0. The number of nitrogens with one attached hydrogen (secondary N) is 1. The second kappa shape index (κ2) is 7.66. The molecule has 0 unspecified atom stereocenters. The summed E-state index contributed by atoms with van der Waals surface area (Å²) >= 11 is 1.50. The summed E-state index contributed by atoms with van der Waals surface area (Å²) in [5.41, 5.74) is 3.99. The van der Waals surface area contributed by atoms with Crippen LogP contribution in [0.2, 0.25) is 0 Å². The van der Waals surface area contributed by atoms with E-state index in [1.54, 1.807) is 0 Å². The van der Waals surface area contributed by atoms with E-state index in [2.05, 4.69) is 27.2 Å². The fraction of sp³-hybridized carbons (Fsp3) is 0.611. The van der Waals surface area contributed by atoms with Crippen molar-refractivity contribution >= 4 is 22.4 Å². The molecule has 1 fully saturated rings. The highest BCUT2D eigenvalue weighted by atomic mass is 32.1. The van der Waals surface area contributed by atoms with Gasteiger partial charge in [0.05, 0.1) is 17.8 Å². The van der Waals surface area contributed by atoms with Crippen molar-refractivity contribution in [2.45, 2.75) is 46.6 Å². The molecule has 3 heterocycles. The van der Waals surface area contributed by atoms with Gasteiger partial charge in [0, 0.05) is 30.2 Å². The summed E-state index contributed by atoms with van der Waals surface area (Å²) in [6, 6.07) is 0. The van der Waals surface area contributed by atoms with Gasteiger partial charge in [-0.1, -0.05) is 6.92 Å². The molecule has 0 bridgehead atoms. The average molecular weight is 362 g/mol. The number of rotatable bonds is 5. The van der Waals surface area contributed by atoms with E-state index in [9.17, 15) is 4.79 Å². The lowest BCUT2D eigenvalue weighted by molar-refractivity contribution is -0.115. The molecule has 1 aliphatic rings. The zero-order chi connectivity index (χ0) is 18.0. The van der Waals surface area contributed by atoms with Gasteiger partial charge < -0.3 is 5.32 Å². The Morgan fingerprint density at radius 2 is 2.08 bits per heavy atom. The molecule has 0 saturated carbocycles. The Balaban J connectivity index is 1.55. The maximum absolute atomic E-state index is 12.3. The SMILES string of the molecule is Cc1nn(C)c(C)c1CC(=O)Nc1nc(CN2CCC(C)CC2)cs1. The molecule has 0 atom stereocenters. The summed E-state index contributed by atoms with van der Waals surface area (Å²) in [7, 11) is 1.90. The Labute approximate surface area is 153 Å². The number of nitrogens with zero attached hydrogens (tertiary/aromatic N) is 4. The molecule has 0 aromatic carbocycles. The molecule has 1 N–H and O–H groups in total. The van der Waals surface area contributed by atoms with Crippen molar-refractivity contribution in [3.8, 4) is 0 Å². The fourth-order valence-corrected chi connectivity index (χ4v) is 4.00. The van der Waals surface area contributed by atoms with Crippen molar-refractivity contribution in [3.05, 3.63) is 28.0 Å². The van der Waals surface area contributed by atoms with Crippen molar-refractivity contribution in [3.63, 3.8) is 0 Å². The van der Waals surface area contributed by atoms with E-state index < -0.39 is 0 Å². The lowest BCUT2D eigenvalue weighted by atomic mass is 9.99. The molecule has 1 aliphatic heterocycles. The van der Waals surface area contributed by atoms with Crippen LogP contribution in [0.5, 0.6) is 0 Å². The summed E-state index contributed by atoms with van der Waals surface area (Å²) in [5.74, 6) is 0.799. The third-order valence-electron chi connectivity index (χ3n) is 5.06. The zero-order valence-electron chi connectivity index (χ0n) is 15.5. The third-order valence-corrected chi connectivity index (χ3v) is 5.86. The Morgan fingerprint density at radius 3 is 2.72 bits per heavy atom. The Morgan fingerprint density at radius 1 is 1.36 bits per heavy atom. The summed E-state index contributed by atoms with van der Waals surface area (Å²) in [6.45, 7) is 9.40. The van der Waals surface area contributed by atoms with Crippen LogP contribution in [-0.2, 0) is 24.8 Å². The van der Waals surface area contributed by atoms with Gasteiger partial charge in [0.15, 0.2) is 5.13 Å². The van der Waals surface area contributed by atoms with E-state index >= 15 is 0 Å². The standard InChI is InChI=1S/C18H27N5OS/c1-12-5-7-23(8-6-12)10-15-11-25-18(19-15)20-17(24)9-16-13(2)21-22(4)14(16)3/h11-12H,5-10H2,1-4H3,(H,19,20,24). The smallest absolute Gasteiger partial charge is 0.230 e.